The summed E-state index contributed by atoms with van der Waals surface area (Å²) in [6, 6.07) is 10.2. The SMILES string of the molecule is O=C(Cc1ccc([N+](=O)[O-])cc1)N/N=C/c1ccccc1C(F)(F)F. The van der Waals surface area contributed by atoms with Crippen molar-refractivity contribution in [3.8, 4) is 0 Å². The Balaban J connectivity index is 1.98. The Morgan fingerprint density at radius 1 is 1.16 bits per heavy atom. The lowest BCUT2D eigenvalue weighted by atomic mass is 10.1. The fourth-order valence-corrected chi connectivity index (χ4v) is 2.00. The lowest BCUT2D eigenvalue weighted by Crippen LogP contribution is -2.20. The normalized spacial score (nSPS) is 11.5. The Kier molecular flexibility index (Phi) is 5.48. The molecule has 2 rings (SSSR count). The highest BCUT2D eigenvalue weighted by molar-refractivity contribution is 5.84. The molecular weight excluding hydrogens is 339 g/mol. The molecule has 0 radical (unpaired) electrons. The van der Waals surface area contributed by atoms with Gasteiger partial charge in [0.05, 0.1) is 23.1 Å². The highest BCUT2D eigenvalue weighted by Gasteiger charge is 2.32. The summed E-state index contributed by atoms with van der Waals surface area (Å²) in [7, 11) is 0. The molecule has 0 spiro atoms. The van der Waals surface area contributed by atoms with Crippen molar-refractivity contribution in [3.05, 3.63) is 75.3 Å². The van der Waals surface area contributed by atoms with Crippen LogP contribution in [-0.4, -0.2) is 17.0 Å². The van der Waals surface area contributed by atoms with Gasteiger partial charge in [-0.05, 0) is 11.6 Å². The first-order valence-corrected chi connectivity index (χ1v) is 6.99. The summed E-state index contributed by atoms with van der Waals surface area (Å²) < 4.78 is 38.4. The fourth-order valence-electron chi connectivity index (χ4n) is 2.00. The van der Waals surface area contributed by atoms with Crippen molar-refractivity contribution >= 4 is 17.8 Å². The van der Waals surface area contributed by atoms with Gasteiger partial charge >= 0.3 is 6.18 Å². The molecule has 0 bridgehead atoms. The molecule has 0 heterocycles. The zero-order chi connectivity index (χ0) is 18.4. The van der Waals surface area contributed by atoms with Crippen molar-refractivity contribution in [2.24, 2.45) is 5.10 Å². The van der Waals surface area contributed by atoms with Crippen LogP contribution in [0, 0.1) is 10.1 Å². The summed E-state index contributed by atoms with van der Waals surface area (Å²) in [5.74, 6) is -0.561. The number of carbonyl (C=O) groups excluding carboxylic acids is 1. The summed E-state index contributed by atoms with van der Waals surface area (Å²) in [5.41, 5.74) is 1.49. The van der Waals surface area contributed by atoms with Crippen LogP contribution < -0.4 is 5.43 Å². The molecule has 0 aliphatic heterocycles. The maximum absolute atomic E-state index is 12.8. The lowest BCUT2D eigenvalue weighted by Gasteiger charge is -2.09. The fraction of sp³-hybridized carbons (Fsp3) is 0.125. The summed E-state index contributed by atoms with van der Waals surface area (Å²) in [4.78, 5) is 21.7. The first-order valence-electron chi connectivity index (χ1n) is 6.99. The average Bonchev–Trinajstić information content (AvgIpc) is 2.55. The van der Waals surface area contributed by atoms with Gasteiger partial charge in [-0.2, -0.15) is 18.3 Å². The highest BCUT2D eigenvalue weighted by Crippen LogP contribution is 2.31. The van der Waals surface area contributed by atoms with E-state index in [-0.39, 0.29) is 17.7 Å². The van der Waals surface area contributed by atoms with Gasteiger partial charge in [0.15, 0.2) is 0 Å². The van der Waals surface area contributed by atoms with Gasteiger partial charge in [-0.25, -0.2) is 5.43 Å². The monoisotopic (exact) mass is 351 g/mol. The third-order valence-electron chi connectivity index (χ3n) is 3.17. The van der Waals surface area contributed by atoms with Crippen molar-refractivity contribution in [1.29, 1.82) is 0 Å². The van der Waals surface area contributed by atoms with E-state index < -0.39 is 22.6 Å². The predicted octanol–water partition coefficient (Wildman–Crippen LogP) is 3.31. The molecule has 130 valence electrons. The van der Waals surface area contributed by atoms with Crippen LogP contribution in [0.25, 0.3) is 0 Å². The number of non-ortho nitro benzene ring substituents is 1. The van der Waals surface area contributed by atoms with Crippen LogP contribution >= 0.6 is 0 Å². The Hall–Kier alpha value is -3.23. The summed E-state index contributed by atoms with van der Waals surface area (Å²) >= 11 is 0. The van der Waals surface area contributed by atoms with Crippen LogP contribution in [0.2, 0.25) is 0 Å². The van der Waals surface area contributed by atoms with E-state index in [4.69, 9.17) is 0 Å². The minimum Gasteiger partial charge on any atom is -0.273 e. The number of hydrazone groups is 1. The second-order valence-corrected chi connectivity index (χ2v) is 4.98. The first kappa shape index (κ1) is 18.1. The molecule has 9 heteroatoms. The van der Waals surface area contributed by atoms with Crippen LogP contribution in [0.4, 0.5) is 18.9 Å². The van der Waals surface area contributed by atoms with E-state index >= 15 is 0 Å². The predicted molar refractivity (Wildman–Crippen MR) is 84.0 cm³/mol. The molecule has 1 N–H and O–H groups in total. The number of nitrogens with one attached hydrogen (secondary N) is 1. The van der Waals surface area contributed by atoms with E-state index in [9.17, 15) is 28.1 Å². The van der Waals surface area contributed by atoms with E-state index in [1.807, 2.05) is 0 Å². The maximum Gasteiger partial charge on any atom is 0.417 e. The number of benzene rings is 2. The van der Waals surface area contributed by atoms with Crippen molar-refractivity contribution < 1.29 is 22.9 Å². The van der Waals surface area contributed by atoms with Gasteiger partial charge in [-0.3, -0.25) is 14.9 Å². The van der Waals surface area contributed by atoms with Gasteiger partial charge in [0, 0.05) is 17.7 Å². The third-order valence-corrected chi connectivity index (χ3v) is 3.17. The molecule has 6 nitrogen and oxygen atoms in total. The van der Waals surface area contributed by atoms with Crippen molar-refractivity contribution in [2.45, 2.75) is 12.6 Å². The topological polar surface area (TPSA) is 84.6 Å². The molecule has 1 amide bonds. The van der Waals surface area contributed by atoms with Crippen molar-refractivity contribution in [2.75, 3.05) is 0 Å². The van der Waals surface area contributed by atoms with Gasteiger partial charge in [-0.15, -0.1) is 0 Å². The number of nitro groups is 1. The average molecular weight is 351 g/mol. The van der Waals surface area contributed by atoms with Crippen LogP contribution in [0.3, 0.4) is 0 Å². The largest absolute Gasteiger partial charge is 0.417 e. The van der Waals surface area contributed by atoms with E-state index in [0.717, 1.165) is 12.3 Å². The molecule has 2 aromatic rings. The van der Waals surface area contributed by atoms with Gasteiger partial charge in [0.2, 0.25) is 5.91 Å². The van der Waals surface area contributed by atoms with Crippen molar-refractivity contribution in [3.63, 3.8) is 0 Å². The van der Waals surface area contributed by atoms with E-state index in [1.165, 1.54) is 42.5 Å². The van der Waals surface area contributed by atoms with Gasteiger partial charge in [-0.1, -0.05) is 30.3 Å². The summed E-state index contributed by atoms with van der Waals surface area (Å²) in [6.45, 7) is 0. The number of rotatable bonds is 5. The van der Waals surface area contributed by atoms with Crippen LogP contribution in [-0.2, 0) is 17.4 Å². The zero-order valence-corrected chi connectivity index (χ0v) is 12.7. The summed E-state index contributed by atoms with van der Waals surface area (Å²) in [5, 5.41) is 14.1. The van der Waals surface area contributed by atoms with Crippen LogP contribution in [0.15, 0.2) is 53.6 Å². The summed E-state index contributed by atoms with van der Waals surface area (Å²) in [6.07, 6.45) is -3.72. The molecule has 0 aliphatic rings. The smallest absolute Gasteiger partial charge is 0.273 e. The number of hydrogen-bond donors (Lipinski definition) is 1. The molecule has 0 saturated heterocycles. The second kappa shape index (κ2) is 7.56. The van der Waals surface area contributed by atoms with Crippen LogP contribution in [0.1, 0.15) is 16.7 Å². The van der Waals surface area contributed by atoms with Gasteiger partial charge in [0.1, 0.15) is 0 Å². The molecule has 0 saturated carbocycles. The third kappa shape index (κ3) is 5.13. The first-order chi connectivity index (χ1) is 11.8. The van der Waals surface area contributed by atoms with E-state index in [1.54, 1.807) is 0 Å². The lowest BCUT2D eigenvalue weighted by molar-refractivity contribution is -0.384. The zero-order valence-electron chi connectivity index (χ0n) is 12.7. The molecule has 25 heavy (non-hydrogen) atoms. The number of alkyl halides is 3. The molecule has 0 unspecified atom stereocenters. The van der Waals surface area contributed by atoms with E-state index in [0.29, 0.717) is 5.56 Å². The minimum atomic E-state index is -4.52. The second-order valence-electron chi connectivity index (χ2n) is 4.98. The number of halogens is 3. The van der Waals surface area contributed by atoms with Gasteiger partial charge < -0.3 is 0 Å². The highest BCUT2D eigenvalue weighted by atomic mass is 19.4. The van der Waals surface area contributed by atoms with Crippen LogP contribution in [0.5, 0.6) is 0 Å². The molecule has 2 aromatic carbocycles. The molecular formula is C16H12F3N3O3. The quantitative estimate of drug-likeness (QED) is 0.509. The molecule has 0 atom stereocenters. The van der Waals surface area contributed by atoms with E-state index in [2.05, 4.69) is 10.5 Å². The minimum absolute atomic E-state index is 0.106. The number of hydrogen-bond acceptors (Lipinski definition) is 4. The Bertz CT molecular complexity index is 802. The standard InChI is InChI=1S/C16H12F3N3O3/c17-16(18,19)14-4-2-1-3-12(14)10-20-21-15(23)9-11-5-7-13(8-6-11)22(24)25/h1-8,10H,9H2,(H,21,23)/b20-10+. The molecule has 0 aromatic heterocycles. The Morgan fingerprint density at radius 2 is 1.80 bits per heavy atom. The number of nitro benzene ring substituents is 1. The Labute approximate surface area is 140 Å². The maximum atomic E-state index is 12.8. The number of amides is 1. The Morgan fingerprint density at radius 3 is 2.40 bits per heavy atom. The number of nitrogens with zero attached hydrogens (tertiary/aromatic N) is 2. The van der Waals surface area contributed by atoms with Crippen molar-refractivity contribution in [1.82, 2.24) is 5.43 Å². The molecule has 0 aliphatic carbocycles. The molecule has 0 fully saturated rings. The van der Waals surface area contributed by atoms with Gasteiger partial charge in [0.25, 0.3) is 5.69 Å². The number of carbonyl (C=O) groups is 1.